The molecule has 0 N–H and O–H groups in total. The predicted octanol–water partition coefficient (Wildman–Crippen LogP) is 3.14. The van der Waals surface area contributed by atoms with Crippen LogP contribution in [0, 0.1) is 6.92 Å². The fraction of sp³-hybridized carbons (Fsp3) is 0.357. The van der Waals surface area contributed by atoms with Crippen LogP contribution < -0.4 is 9.64 Å². The van der Waals surface area contributed by atoms with Crippen molar-refractivity contribution < 1.29 is 4.74 Å². The number of benzene rings is 1. The third-order valence-electron chi connectivity index (χ3n) is 3.14. The van der Waals surface area contributed by atoms with Crippen molar-refractivity contribution in [2.45, 2.75) is 13.5 Å². The lowest BCUT2D eigenvalue weighted by molar-refractivity contribution is 0.414. The zero-order chi connectivity index (χ0) is 14.0. The molecule has 0 atom stereocenters. The number of ether oxygens (including phenoxy) is 1. The molecule has 1 aromatic carbocycles. The summed E-state index contributed by atoms with van der Waals surface area (Å²) in [7, 11) is 5.70. The van der Waals surface area contributed by atoms with Gasteiger partial charge in [0.25, 0.3) is 0 Å². The number of halogens is 1. The number of hydrogen-bond acceptors (Lipinski definition) is 3. The lowest BCUT2D eigenvalue weighted by Crippen LogP contribution is -2.19. The predicted molar refractivity (Wildman–Crippen MR) is 80.7 cm³/mol. The normalized spacial score (nSPS) is 10.6. The summed E-state index contributed by atoms with van der Waals surface area (Å²) in [5.74, 6) is 0.875. The van der Waals surface area contributed by atoms with Crippen molar-refractivity contribution >= 4 is 21.6 Å². The fourth-order valence-electron chi connectivity index (χ4n) is 2.11. The van der Waals surface area contributed by atoms with Crippen LogP contribution in [0.15, 0.2) is 28.7 Å². The van der Waals surface area contributed by atoms with Crippen molar-refractivity contribution in [3.63, 3.8) is 0 Å². The average Bonchev–Trinajstić information content (AvgIpc) is 2.65. The molecule has 2 rings (SSSR count). The molecule has 5 heteroatoms. The number of aromatic nitrogens is 2. The Morgan fingerprint density at radius 3 is 2.63 bits per heavy atom. The molecule has 0 aliphatic rings. The molecule has 0 fully saturated rings. The quantitative estimate of drug-likeness (QED) is 0.866. The lowest BCUT2D eigenvalue weighted by atomic mass is 10.2. The minimum Gasteiger partial charge on any atom is -0.495 e. The van der Waals surface area contributed by atoms with Gasteiger partial charge in [0.1, 0.15) is 5.75 Å². The first-order chi connectivity index (χ1) is 9.04. The van der Waals surface area contributed by atoms with Gasteiger partial charge in [-0.3, -0.25) is 4.68 Å². The van der Waals surface area contributed by atoms with Gasteiger partial charge >= 0.3 is 0 Å². The molecular weight excluding hydrogens is 306 g/mol. The van der Waals surface area contributed by atoms with Crippen LogP contribution in [0.5, 0.6) is 5.75 Å². The van der Waals surface area contributed by atoms with Gasteiger partial charge in [-0.25, -0.2) is 0 Å². The molecule has 0 saturated heterocycles. The monoisotopic (exact) mass is 323 g/mol. The fourth-order valence-corrected chi connectivity index (χ4v) is 2.57. The van der Waals surface area contributed by atoms with Gasteiger partial charge in [-0.05, 0) is 35.0 Å². The van der Waals surface area contributed by atoms with Gasteiger partial charge in [-0.15, -0.1) is 0 Å². The molecule has 4 nitrogen and oxygen atoms in total. The summed E-state index contributed by atoms with van der Waals surface area (Å²) < 4.78 is 8.37. The second-order valence-corrected chi connectivity index (χ2v) is 5.29. The Kier molecular flexibility index (Phi) is 4.14. The van der Waals surface area contributed by atoms with E-state index < -0.39 is 0 Å². The summed E-state index contributed by atoms with van der Waals surface area (Å²) in [4.78, 5) is 2.15. The first kappa shape index (κ1) is 13.9. The van der Waals surface area contributed by atoms with Crippen LogP contribution in [0.25, 0.3) is 0 Å². The smallest absolute Gasteiger partial charge is 0.142 e. The highest BCUT2D eigenvalue weighted by Crippen LogP contribution is 2.29. The Labute approximate surface area is 122 Å². The summed E-state index contributed by atoms with van der Waals surface area (Å²) in [5.41, 5.74) is 3.22. The standard InChI is InChI=1S/C14H18BrN3O/c1-10-14(15)12(18(3)16-10)9-17(2)11-7-5-6-8-13(11)19-4/h5-8H,9H2,1-4H3. The topological polar surface area (TPSA) is 30.3 Å². The van der Waals surface area contributed by atoms with E-state index in [2.05, 4.69) is 32.0 Å². The molecule has 0 bridgehead atoms. The van der Waals surface area contributed by atoms with Crippen LogP contribution in [0.3, 0.4) is 0 Å². The molecule has 0 amide bonds. The van der Waals surface area contributed by atoms with Crippen LogP contribution in [0.2, 0.25) is 0 Å². The molecular formula is C14H18BrN3O. The van der Waals surface area contributed by atoms with Crippen molar-refractivity contribution in [1.29, 1.82) is 0 Å². The third-order valence-corrected chi connectivity index (χ3v) is 4.18. The van der Waals surface area contributed by atoms with Gasteiger partial charge < -0.3 is 9.64 Å². The van der Waals surface area contributed by atoms with Crippen LogP contribution >= 0.6 is 15.9 Å². The second-order valence-electron chi connectivity index (χ2n) is 4.50. The second kappa shape index (κ2) is 5.65. The van der Waals surface area contributed by atoms with E-state index in [9.17, 15) is 0 Å². The van der Waals surface area contributed by atoms with E-state index in [0.29, 0.717) is 0 Å². The van der Waals surface area contributed by atoms with Crippen LogP contribution in [0.4, 0.5) is 5.69 Å². The zero-order valence-electron chi connectivity index (χ0n) is 11.6. The Morgan fingerprint density at radius 1 is 1.37 bits per heavy atom. The van der Waals surface area contributed by atoms with E-state index in [1.807, 2.05) is 43.9 Å². The summed E-state index contributed by atoms with van der Waals surface area (Å²) in [6.07, 6.45) is 0. The number of hydrogen-bond donors (Lipinski definition) is 0. The van der Waals surface area contributed by atoms with Crippen molar-refractivity contribution in [3.8, 4) is 5.75 Å². The number of methoxy groups -OCH3 is 1. The van der Waals surface area contributed by atoms with Crippen molar-refractivity contribution in [1.82, 2.24) is 9.78 Å². The minimum absolute atomic E-state index is 0.762. The highest BCUT2D eigenvalue weighted by Gasteiger charge is 2.14. The van der Waals surface area contributed by atoms with Crippen LogP contribution in [0.1, 0.15) is 11.4 Å². The highest BCUT2D eigenvalue weighted by molar-refractivity contribution is 9.10. The third kappa shape index (κ3) is 2.76. The van der Waals surface area contributed by atoms with Gasteiger partial charge in [-0.1, -0.05) is 12.1 Å². The largest absolute Gasteiger partial charge is 0.495 e. The summed E-state index contributed by atoms with van der Waals surface area (Å²) >= 11 is 3.60. The molecule has 0 spiro atoms. The zero-order valence-corrected chi connectivity index (χ0v) is 13.2. The molecule has 102 valence electrons. The average molecular weight is 324 g/mol. The maximum absolute atomic E-state index is 5.39. The molecule has 19 heavy (non-hydrogen) atoms. The maximum Gasteiger partial charge on any atom is 0.142 e. The van der Waals surface area contributed by atoms with Crippen LogP contribution in [-0.4, -0.2) is 23.9 Å². The highest BCUT2D eigenvalue weighted by atomic mass is 79.9. The maximum atomic E-state index is 5.39. The van der Waals surface area contributed by atoms with Crippen LogP contribution in [-0.2, 0) is 13.6 Å². The number of rotatable bonds is 4. The SMILES string of the molecule is COc1ccccc1N(C)Cc1c(Br)c(C)nn1C. The number of anilines is 1. The van der Waals surface area contributed by atoms with E-state index in [-0.39, 0.29) is 0 Å². The van der Waals surface area contributed by atoms with E-state index in [4.69, 9.17) is 4.74 Å². The van der Waals surface area contributed by atoms with Crippen molar-refractivity contribution in [3.05, 3.63) is 40.1 Å². The Balaban J connectivity index is 2.28. The van der Waals surface area contributed by atoms with E-state index in [0.717, 1.165) is 33.8 Å². The first-order valence-corrected chi connectivity index (χ1v) is 6.86. The molecule has 0 aliphatic heterocycles. The first-order valence-electron chi connectivity index (χ1n) is 6.06. The Bertz CT molecular complexity index is 580. The number of para-hydroxylation sites is 2. The van der Waals surface area contributed by atoms with Crippen molar-refractivity contribution in [2.75, 3.05) is 19.1 Å². The Hall–Kier alpha value is -1.49. The summed E-state index contributed by atoms with van der Waals surface area (Å²) in [6, 6.07) is 8.00. The minimum atomic E-state index is 0.762. The van der Waals surface area contributed by atoms with Gasteiger partial charge in [0, 0.05) is 14.1 Å². The van der Waals surface area contributed by atoms with Gasteiger partial charge in [0.2, 0.25) is 0 Å². The lowest BCUT2D eigenvalue weighted by Gasteiger charge is -2.21. The molecule has 1 heterocycles. The number of nitrogens with zero attached hydrogens (tertiary/aromatic N) is 3. The molecule has 1 aromatic heterocycles. The molecule has 0 unspecified atom stereocenters. The summed E-state index contributed by atoms with van der Waals surface area (Å²) in [6.45, 7) is 2.76. The van der Waals surface area contributed by atoms with E-state index in [1.54, 1.807) is 7.11 Å². The van der Waals surface area contributed by atoms with E-state index in [1.165, 1.54) is 0 Å². The summed E-state index contributed by atoms with van der Waals surface area (Å²) in [5, 5.41) is 4.41. The number of aryl methyl sites for hydroxylation is 2. The van der Waals surface area contributed by atoms with E-state index >= 15 is 0 Å². The van der Waals surface area contributed by atoms with Gasteiger partial charge in [0.15, 0.2) is 0 Å². The molecule has 0 aliphatic carbocycles. The molecule has 0 radical (unpaired) electrons. The molecule has 2 aromatic rings. The van der Waals surface area contributed by atoms with Crippen molar-refractivity contribution in [2.24, 2.45) is 7.05 Å². The van der Waals surface area contributed by atoms with Gasteiger partial charge in [0.05, 0.1) is 35.2 Å². The van der Waals surface area contributed by atoms with Gasteiger partial charge in [-0.2, -0.15) is 5.10 Å². The molecule has 0 saturated carbocycles. The Morgan fingerprint density at radius 2 is 2.05 bits per heavy atom.